The molecule has 192 valence electrons. The molecule has 0 radical (unpaired) electrons. The normalized spacial score (nSPS) is 17.5. The topological polar surface area (TPSA) is 9.23 Å². The Balaban J connectivity index is 1.25. The summed E-state index contributed by atoms with van der Waals surface area (Å²) in [5.41, 5.74) is 9.30. The minimum absolute atomic E-state index is 0.0182. The molecule has 0 N–H and O–H groups in total. The van der Waals surface area contributed by atoms with Crippen LogP contribution in [-0.2, 0) is 24.7 Å². The maximum absolute atomic E-state index is 6.61. The average Bonchev–Trinajstić information content (AvgIpc) is 3.00. The van der Waals surface area contributed by atoms with Crippen molar-refractivity contribution < 1.29 is 4.74 Å². The lowest BCUT2D eigenvalue weighted by Gasteiger charge is -2.36. The summed E-state index contributed by atoms with van der Waals surface area (Å²) < 4.78 is 6.61. The van der Waals surface area contributed by atoms with Crippen molar-refractivity contribution in [3.63, 3.8) is 0 Å². The van der Waals surface area contributed by atoms with Gasteiger partial charge in [0.25, 0.3) is 0 Å². The van der Waals surface area contributed by atoms with Crippen LogP contribution in [0.2, 0.25) is 0 Å². The van der Waals surface area contributed by atoms with Crippen LogP contribution in [0.4, 0.5) is 0 Å². The Kier molecular flexibility index (Phi) is 6.10. The van der Waals surface area contributed by atoms with Crippen molar-refractivity contribution in [2.45, 2.75) is 53.2 Å². The highest BCUT2D eigenvalue weighted by Crippen LogP contribution is 2.56. The Labute approximate surface area is 239 Å². The first-order chi connectivity index (χ1) is 19.0. The molecule has 3 aliphatic rings. The first kappa shape index (κ1) is 24.6. The van der Waals surface area contributed by atoms with Crippen LogP contribution in [0.25, 0.3) is 11.1 Å². The Morgan fingerprint density at radius 2 is 1.67 bits per heavy atom. The van der Waals surface area contributed by atoms with Gasteiger partial charge in [0.2, 0.25) is 0 Å². The average molecular weight is 543 g/mol. The zero-order valence-corrected chi connectivity index (χ0v) is 23.9. The molecule has 0 amide bonds. The molecule has 0 unspecified atom stereocenters. The number of hydrogen-bond acceptors (Lipinski definition) is 3. The van der Waals surface area contributed by atoms with E-state index in [1.807, 2.05) is 0 Å². The molecule has 1 aliphatic carbocycles. The third kappa shape index (κ3) is 4.48. The van der Waals surface area contributed by atoms with Crippen LogP contribution in [-0.4, -0.2) is 0 Å². The predicted molar refractivity (Wildman–Crippen MR) is 165 cm³/mol. The standard InChI is InChI=1S/C36H30OS2/c1-23-26(12-5-4-10-25-11-6-8-14-31(25)38-23)20-24-16-17-28-27(21-24)22-36(2,3)29-18-19-33-35(34(28)29)37-30-13-7-9-15-32(30)39-33/h4-9,11-19,21H,1,10,20,22H2,2-3H3/b5-4-,26-12?. The minimum atomic E-state index is 0.0182. The van der Waals surface area contributed by atoms with Crippen molar-refractivity contribution in [3.8, 4) is 22.6 Å². The first-order valence-corrected chi connectivity index (χ1v) is 15.1. The summed E-state index contributed by atoms with van der Waals surface area (Å²) in [6.07, 6.45) is 9.52. The fourth-order valence-corrected chi connectivity index (χ4v) is 7.89. The van der Waals surface area contributed by atoms with Crippen molar-refractivity contribution in [2.24, 2.45) is 0 Å². The third-order valence-electron chi connectivity index (χ3n) is 7.93. The molecule has 0 saturated carbocycles. The second kappa shape index (κ2) is 9.66. The van der Waals surface area contributed by atoms with E-state index in [1.165, 1.54) is 53.6 Å². The van der Waals surface area contributed by atoms with Gasteiger partial charge < -0.3 is 4.74 Å². The quantitative estimate of drug-likeness (QED) is 0.220. The molecule has 2 aliphatic heterocycles. The number of fused-ring (bicyclic) bond motifs is 7. The molecule has 0 fully saturated rings. The van der Waals surface area contributed by atoms with Crippen LogP contribution in [0, 0.1) is 0 Å². The van der Waals surface area contributed by atoms with E-state index in [2.05, 4.69) is 118 Å². The molecule has 0 aromatic heterocycles. The Morgan fingerprint density at radius 3 is 2.56 bits per heavy atom. The van der Waals surface area contributed by atoms with E-state index in [1.54, 1.807) is 23.5 Å². The predicted octanol–water partition coefficient (Wildman–Crippen LogP) is 10.3. The van der Waals surface area contributed by atoms with Crippen LogP contribution in [0.1, 0.15) is 36.1 Å². The molecule has 39 heavy (non-hydrogen) atoms. The lowest BCUT2D eigenvalue weighted by Crippen LogP contribution is -2.26. The van der Waals surface area contributed by atoms with Gasteiger partial charge in [-0.1, -0.05) is 117 Å². The number of hydrogen-bond donors (Lipinski definition) is 0. The maximum atomic E-state index is 6.61. The molecule has 7 rings (SSSR count). The minimum Gasteiger partial charge on any atom is -0.454 e. The van der Waals surface area contributed by atoms with E-state index in [4.69, 9.17) is 4.74 Å². The van der Waals surface area contributed by atoms with Gasteiger partial charge in [-0.3, -0.25) is 0 Å². The van der Waals surface area contributed by atoms with Gasteiger partial charge in [-0.15, -0.1) is 0 Å². The van der Waals surface area contributed by atoms with E-state index >= 15 is 0 Å². The van der Waals surface area contributed by atoms with Gasteiger partial charge in [0.1, 0.15) is 11.5 Å². The molecule has 1 nitrogen and oxygen atoms in total. The summed E-state index contributed by atoms with van der Waals surface area (Å²) in [4.78, 5) is 4.79. The van der Waals surface area contributed by atoms with Gasteiger partial charge in [-0.05, 0) is 82.3 Å². The highest BCUT2D eigenvalue weighted by molar-refractivity contribution is 8.03. The van der Waals surface area contributed by atoms with E-state index in [9.17, 15) is 0 Å². The van der Waals surface area contributed by atoms with Crippen molar-refractivity contribution in [2.75, 3.05) is 0 Å². The number of allylic oxidation sites excluding steroid dienone is 4. The number of benzene rings is 4. The Hall–Kier alpha value is -3.40. The Bertz CT molecular complexity index is 1710. The maximum Gasteiger partial charge on any atom is 0.149 e. The molecule has 4 aromatic carbocycles. The van der Waals surface area contributed by atoms with Gasteiger partial charge in [0, 0.05) is 15.4 Å². The molecule has 0 bridgehead atoms. The van der Waals surface area contributed by atoms with E-state index in [0.29, 0.717) is 0 Å². The highest BCUT2D eigenvalue weighted by atomic mass is 32.2. The number of para-hydroxylation sites is 1. The number of ether oxygens (including phenoxy) is 1. The van der Waals surface area contributed by atoms with Gasteiger partial charge in [-0.25, -0.2) is 0 Å². The number of thioether (sulfide) groups is 1. The van der Waals surface area contributed by atoms with Crippen molar-refractivity contribution >= 4 is 23.5 Å². The van der Waals surface area contributed by atoms with Crippen LogP contribution >= 0.6 is 23.5 Å². The lowest BCUT2D eigenvalue weighted by molar-refractivity contribution is 0.448. The summed E-state index contributed by atoms with van der Waals surface area (Å²) in [6.45, 7) is 9.20. The molecule has 0 saturated heterocycles. The van der Waals surface area contributed by atoms with Crippen molar-refractivity contribution in [1.82, 2.24) is 0 Å². The summed E-state index contributed by atoms with van der Waals surface area (Å²) >= 11 is 3.60. The molecular formula is C36H30OS2. The second-order valence-corrected chi connectivity index (χ2v) is 13.4. The van der Waals surface area contributed by atoms with E-state index in [0.717, 1.165) is 35.7 Å². The molecular weight excluding hydrogens is 513 g/mol. The largest absolute Gasteiger partial charge is 0.454 e. The van der Waals surface area contributed by atoms with Crippen LogP contribution in [0.5, 0.6) is 11.5 Å². The van der Waals surface area contributed by atoms with E-state index < -0.39 is 0 Å². The van der Waals surface area contributed by atoms with E-state index in [-0.39, 0.29) is 5.41 Å². The Morgan fingerprint density at radius 1 is 0.846 bits per heavy atom. The molecule has 0 spiro atoms. The van der Waals surface area contributed by atoms with Gasteiger partial charge >= 0.3 is 0 Å². The molecule has 4 aromatic rings. The van der Waals surface area contributed by atoms with Gasteiger partial charge in [0.05, 0.1) is 9.79 Å². The summed E-state index contributed by atoms with van der Waals surface area (Å²) in [5.74, 6) is 1.95. The van der Waals surface area contributed by atoms with Gasteiger partial charge in [0.15, 0.2) is 0 Å². The SMILES string of the molecule is C=C1Sc2ccccc2C/C=C\C=C1Cc1ccc2c(c1)CC(C)(C)c1ccc3c(c1-2)Oc1ccccc1S3. The summed E-state index contributed by atoms with van der Waals surface area (Å²) in [6, 6.07) is 28.6. The second-order valence-electron chi connectivity index (χ2n) is 11.2. The van der Waals surface area contributed by atoms with Crippen molar-refractivity contribution in [3.05, 3.63) is 136 Å². The summed E-state index contributed by atoms with van der Waals surface area (Å²) in [7, 11) is 0. The lowest BCUT2D eigenvalue weighted by atomic mass is 9.69. The molecule has 2 heterocycles. The van der Waals surface area contributed by atoms with Crippen LogP contribution < -0.4 is 4.74 Å². The van der Waals surface area contributed by atoms with Crippen molar-refractivity contribution in [1.29, 1.82) is 0 Å². The third-order valence-corrected chi connectivity index (χ3v) is 10.2. The summed E-state index contributed by atoms with van der Waals surface area (Å²) in [5, 5.41) is 0. The van der Waals surface area contributed by atoms with Crippen LogP contribution in [0.3, 0.4) is 0 Å². The molecule has 3 heteroatoms. The van der Waals surface area contributed by atoms with Gasteiger partial charge in [-0.2, -0.15) is 0 Å². The zero-order chi connectivity index (χ0) is 26.6. The fraction of sp³-hybridized carbons (Fsp3) is 0.167. The smallest absolute Gasteiger partial charge is 0.149 e. The fourth-order valence-electron chi connectivity index (χ4n) is 5.96. The highest BCUT2D eigenvalue weighted by Gasteiger charge is 2.35. The zero-order valence-electron chi connectivity index (χ0n) is 22.3. The first-order valence-electron chi connectivity index (χ1n) is 13.5. The molecule has 0 atom stereocenters. The monoisotopic (exact) mass is 542 g/mol. The van der Waals surface area contributed by atoms with Crippen LogP contribution in [0.15, 0.2) is 129 Å². The number of rotatable bonds is 2.